The minimum Gasteiger partial charge on any atom is -0.379 e. The van der Waals surface area contributed by atoms with Crippen molar-refractivity contribution >= 4 is 29.0 Å². The first kappa shape index (κ1) is 19.0. The van der Waals surface area contributed by atoms with Crippen LogP contribution < -0.4 is 16.2 Å². The maximum atomic E-state index is 12.4. The van der Waals surface area contributed by atoms with E-state index in [0.29, 0.717) is 35.5 Å². The molecule has 0 saturated carbocycles. The van der Waals surface area contributed by atoms with Gasteiger partial charge in [-0.3, -0.25) is 9.89 Å². The standard InChI is InChI=1S/C21H21ClN6O/c1-13-3-6-15(7-4-13)11-24-20-26-21-25-17(10-19(29)28(21)27-20)12-23-16-8-5-14(2)18(22)9-16/h3-10,23H,11-12H2,1-2H3,(H2,24,25,26,27). The average Bonchev–Trinajstić information content (AvgIpc) is 3.12. The Morgan fingerprint density at radius 2 is 1.79 bits per heavy atom. The van der Waals surface area contributed by atoms with Crippen molar-refractivity contribution in [1.29, 1.82) is 0 Å². The van der Waals surface area contributed by atoms with Gasteiger partial charge in [0.25, 0.3) is 11.3 Å². The van der Waals surface area contributed by atoms with Crippen molar-refractivity contribution in [2.45, 2.75) is 26.9 Å². The summed E-state index contributed by atoms with van der Waals surface area (Å²) in [6.45, 7) is 4.99. The normalized spacial score (nSPS) is 11.0. The van der Waals surface area contributed by atoms with Gasteiger partial charge in [-0.1, -0.05) is 47.5 Å². The van der Waals surface area contributed by atoms with Crippen molar-refractivity contribution in [2.24, 2.45) is 0 Å². The number of aryl methyl sites for hydroxylation is 2. The highest BCUT2D eigenvalue weighted by atomic mass is 35.5. The van der Waals surface area contributed by atoms with Gasteiger partial charge < -0.3 is 10.6 Å². The number of rotatable bonds is 6. The van der Waals surface area contributed by atoms with E-state index in [1.54, 1.807) is 0 Å². The van der Waals surface area contributed by atoms with Gasteiger partial charge in [-0.25, -0.2) is 4.98 Å². The summed E-state index contributed by atoms with van der Waals surface area (Å²) in [5.74, 6) is 0.813. The van der Waals surface area contributed by atoms with Crippen molar-refractivity contribution < 1.29 is 0 Å². The predicted molar refractivity (Wildman–Crippen MR) is 116 cm³/mol. The van der Waals surface area contributed by atoms with Crippen LogP contribution in [0, 0.1) is 13.8 Å². The highest BCUT2D eigenvalue weighted by Crippen LogP contribution is 2.20. The van der Waals surface area contributed by atoms with Crippen molar-refractivity contribution in [2.75, 3.05) is 10.6 Å². The van der Waals surface area contributed by atoms with Crippen molar-refractivity contribution in [3.63, 3.8) is 0 Å². The number of halogens is 1. The van der Waals surface area contributed by atoms with Crippen LogP contribution in [0.25, 0.3) is 5.78 Å². The molecule has 4 aromatic rings. The van der Waals surface area contributed by atoms with Crippen molar-refractivity contribution in [3.8, 4) is 0 Å². The molecule has 2 aromatic heterocycles. The molecule has 4 rings (SSSR count). The molecule has 3 N–H and O–H groups in total. The lowest BCUT2D eigenvalue weighted by atomic mass is 10.1. The molecule has 0 aliphatic carbocycles. The number of nitrogens with one attached hydrogen (secondary N) is 3. The first-order valence-electron chi connectivity index (χ1n) is 9.26. The molecule has 0 saturated heterocycles. The molecule has 0 atom stereocenters. The molecule has 0 spiro atoms. The van der Waals surface area contributed by atoms with Crippen molar-refractivity contribution in [3.05, 3.63) is 86.3 Å². The number of anilines is 2. The van der Waals surface area contributed by atoms with Gasteiger partial charge in [0.05, 0.1) is 12.2 Å². The topological polar surface area (TPSA) is 87.1 Å². The van der Waals surface area contributed by atoms with E-state index >= 15 is 0 Å². The Labute approximate surface area is 172 Å². The first-order chi connectivity index (χ1) is 14.0. The van der Waals surface area contributed by atoms with Gasteiger partial charge in [0.1, 0.15) is 0 Å². The van der Waals surface area contributed by atoms with Crippen LogP contribution in [0.3, 0.4) is 0 Å². The second-order valence-corrected chi connectivity index (χ2v) is 7.36. The Bertz CT molecular complexity index is 1210. The van der Waals surface area contributed by atoms with Crippen LogP contribution in [-0.2, 0) is 13.1 Å². The molecule has 0 amide bonds. The maximum Gasteiger partial charge on any atom is 0.274 e. The summed E-state index contributed by atoms with van der Waals surface area (Å²) >= 11 is 6.15. The molecule has 7 nitrogen and oxygen atoms in total. The number of aromatic nitrogens is 4. The number of aromatic amines is 1. The summed E-state index contributed by atoms with van der Waals surface area (Å²) in [6, 6.07) is 15.4. The fourth-order valence-electron chi connectivity index (χ4n) is 2.88. The van der Waals surface area contributed by atoms with Crippen LogP contribution in [-0.4, -0.2) is 19.6 Å². The summed E-state index contributed by atoms with van der Waals surface area (Å²) < 4.78 is 1.32. The Morgan fingerprint density at radius 1 is 1.00 bits per heavy atom. The third-order valence-electron chi connectivity index (χ3n) is 4.61. The van der Waals surface area contributed by atoms with Gasteiger partial charge in [0.2, 0.25) is 5.95 Å². The van der Waals surface area contributed by atoms with Gasteiger partial charge in [0, 0.05) is 23.3 Å². The largest absolute Gasteiger partial charge is 0.379 e. The highest BCUT2D eigenvalue weighted by Gasteiger charge is 2.08. The van der Waals surface area contributed by atoms with Crippen molar-refractivity contribution in [1.82, 2.24) is 19.6 Å². The number of hydrogen-bond acceptors (Lipinski definition) is 5. The third-order valence-corrected chi connectivity index (χ3v) is 5.02. The number of hydrogen-bond donors (Lipinski definition) is 3. The van der Waals surface area contributed by atoms with Crippen LogP contribution in [0.4, 0.5) is 11.6 Å². The van der Waals surface area contributed by atoms with E-state index in [4.69, 9.17) is 11.6 Å². The van der Waals surface area contributed by atoms with E-state index in [0.717, 1.165) is 16.8 Å². The monoisotopic (exact) mass is 408 g/mol. The summed E-state index contributed by atoms with van der Waals surface area (Å²) in [7, 11) is 0. The lowest BCUT2D eigenvalue weighted by Gasteiger charge is -2.07. The van der Waals surface area contributed by atoms with Gasteiger partial charge in [-0.05, 0) is 37.1 Å². The number of fused-ring (bicyclic) bond motifs is 1. The second-order valence-electron chi connectivity index (χ2n) is 6.95. The van der Waals surface area contributed by atoms with Crippen LogP contribution in [0.1, 0.15) is 22.4 Å². The zero-order valence-electron chi connectivity index (χ0n) is 16.2. The van der Waals surface area contributed by atoms with Gasteiger partial charge in [-0.2, -0.15) is 9.50 Å². The molecule has 0 fully saturated rings. The van der Waals surface area contributed by atoms with Crippen LogP contribution in [0.2, 0.25) is 5.02 Å². The van der Waals surface area contributed by atoms with E-state index in [1.807, 2.05) is 25.1 Å². The first-order valence-corrected chi connectivity index (χ1v) is 9.64. The summed E-state index contributed by atoms with van der Waals surface area (Å²) in [4.78, 5) is 21.3. The smallest absolute Gasteiger partial charge is 0.274 e. The molecule has 29 heavy (non-hydrogen) atoms. The summed E-state index contributed by atoms with van der Waals surface area (Å²) in [6.07, 6.45) is 0. The molecule has 0 bridgehead atoms. The van der Waals surface area contributed by atoms with E-state index in [-0.39, 0.29) is 5.56 Å². The quantitative estimate of drug-likeness (QED) is 0.450. The van der Waals surface area contributed by atoms with Crippen LogP contribution >= 0.6 is 11.6 Å². The molecular weight excluding hydrogens is 388 g/mol. The minimum absolute atomic E-state index is 0.218. The van der Waals surface area contributed by atoms with Gasteiger partial charge in [0.15, 0.2) is 0 Å². The lowest BCUT2D eigenvalue weighted by molar-refractivity contribution is 0.874. The molecule has 0 unspecified atom stereocenters. The average molecular weight is 409 g/mol. The molecule has 8 heteroatoms. The number of benzene rings is 2. The zero-order valence-corrected chi connectivity index (χ0v) is 16.9. The fourth-order valence-corrected chi connectivity index (χ4v) is 3.06. The summed E-state index contributed by atoms with van der Waals surface area (Å²) in [5.41, 5.74) is 4.59. The minimum atomic E-state index is -0.218. The molecular formula is C21H21ClN6O. The Balaban J connectivity index is 1.48. The molecule has 0 aliphatic heterocycles. The zero-order chi connectivity index (χ0) is 20.4. The number of H-pyrrole nitrogens is 1. The van der Waals surface area contributed by atoms with Gasteiger partial charge in [-0.15, -0.1) is 0 Å². The molecule has 2 aromatic carbocycles. The highest BCUT2D eigenvalue weighted by molar-refractivity contribution is 6.31. The van der Waals surface area contributed by atoms with Crippen LogP contribution in [0.15, 0.2) is 53.3 Å². The molecule has 148 valence electrons. The van der Waals surface area contributed by atoms with Gasteiger partial charge >= 0.3 is 0 Å². The molecule has 2 heterocycles. The van der Waals surface area contributed by atoms with E-state index in [2.05, 4.69) is 56.9 Å². The Kier molecular flexibility index (Phi) is 5.22. The molecule has 0 radical (unpaired) electrons. The fraction of sp³-hybridized carbons (Fsp3) is 0.190. The second kappa shape index (κ2) is 7.97. The predicted octanol–water partition coefficient (Wildman–Crippen LogP) is 3.91. The maximum absolute atomic E-state index is 12.4. The molecule has 0 aliphatic rings. The Hall–Kier alpha value is -3.32. The van der Waals surface area contributed by atoms with E-state index < -0.39 is 0 Å². The third kappa shape index (κ3) is 4.41. The Morgan fingerprint density at radius 3 is 2.55 bits per heavy atom. The van der Waals surface area contributed by atoms with E-state index in [9.17, 15) is 4.79 Å². The van der Waals surface area contributed by atoms with Crippen LogP contribution in [0.5, 0.6) is 0 Å². The lowest BCUT2D eigenvalue weighted by Crippen LogP contribution is -2.17. The SMILES string of the molecule is Cc1ccc(CNc2nc3nc(CNc4ccc(C)c(Cl)c4)cc(=O)n3[nH]2)cc1. The number of nitrogens with zero attached hydrogens (tertiary/aromatic N) is 3. The summed E-state index contributed by atoms with van der Waals surface area (Å²) in [5, 5.41) is 10.1. The van der Waals surface area contributed by atoms with E-state index in [1.165, 1.54) is 16.1 Å².